The maximum absolute atomic E-state index is 11.9. The Morgan fingerprint density at radius 2 is 1.84 bits per heavy atom. The summed E-state index contributed by atoms with van der Waals surface area (Å²) in [5.74, 6) is -1.12. The van der Waals surface area contributed by atoms with Crippen LogP contribution in [0.3, 0.4) is 0 Å². The molecule has 3 N–H and O–H groups in total. The topological polar surface area (TPSA) is 98.7 Å². The van der Waals surface area contributed by atoms with Gasteiger partial charge in [0.25, 0.3) is 0 Å². The van der Waals surface area contributed by atoms with E-state index in [0.717, 1.165) is 25.7 Å². The average molecular weight is 269 g/mol. The van der Waals surface area contributed by atoms with Gasteiger partial charge in [-0.3, -0.25) is 9.59 Å². The van der Waals surface area contributed by atoms with Crippen molar-refractivity contribution in [2.24, 2.45) is 0 Å². The Labute approximate surface area is 111 Å². The molecule has 0 aromatic carbocycles. The molecule has 7 heteroatoms. The Morgan fingerprint density at radius 1 is 1.16 bits per heavy atom. The normalized spacial score (nSPS) is 17.7. The lowest BCUT2D eigenvalue weighted by Gasteiger charge is -2.21. The van der Waals surface area contributed by atoms with Gasteiger partial charge >= 0.3 is 12.0 Å². The predicted octanol–water partition coefficient (Wildman–Crippen LogP) is -0.0863. The van der Waals surface area contributed by atoms with E-state index in [-0.39, 0.29) is 43.5 Å². The molecule has 0 aromatic rings. The van der Waals surface area contributed by atoms with Gasteiger partial charge in [0.2, 0.25) is 5.91 Å². The van der Waals surface area contributed by atoms with E-state index in [2.05, 4.69) is 10.6 Å². The number of carbonyl (C=O) groups excluding carboxylic acids is 2. The van der Waals surface area contributed by atoms with E-state index in [1.807, 2.05) is 0 Å². The number of nitrogens with zero attached hydrogens (tertiary/aromatic N) is 1. The maximum atomic E-state index is 11.9. The highest BCUT2D eigenvalue weighted by Gasteiger charge is 2.33. The largest absolute Gasteiger partial charge is 0.481 e. The van der Waals surface area contributed by atoms with Crippen molar-refractivity contribution < 1.29 is 19.5 Å². The summed E-state index contributed by atoms with van der Waals surface area (Å²) in [6.07, 6.45) is 3.75. The van der Waals surface area contributed by atoms with Crippen LogP contribution in [-0.4, -0.2) is 53.1 Å². The molecule has 0 heterocycles. The second-order valence-electron chi connectivity index (χ2n) is 5.07. The number of carboxylic acid groups (broad SMARTS) is 1. The molecule has 2 aliphatic carbocycles. The lowest BCUT2D eigenvalue weighted by Crippen LogP contribution is -2.46. The van der Waals surface area contributed by atoms with E-state index in [0.29, 0.717) is 0 Å². The highest BCUT2D eigenvalue weighted by molar-refractivity contribution is 5.84. The smallest absolute Gasteiger partial charge is 0.318 e. The number of hydrogen-bond acceptors (Lipinski definition) is 3. The van der Waals surface area contributed by atoms with Crippen molar-refractivity contribution in [2.45, 2.75) is 44.2 Å². The lowest BCUT2D eigenvalue weighted by molar-refractivity contribution is -0.137. The summed E-state index contributed by atoms with van der Waals surface area (Å²) >= 11 is 0. The highest BCUT2D eigenvalue weighted by atomic mass is 16.4. The van der Waals surface area contributed by atoms with Crippen molar-refractivity contribution in [3.8, 4) is 0 Å². The number of amides is 3. The van der Waals surface area contributed by atoms with Crippen molar-refractivity contribution in [3.05, 3.63) is 0 Å². The first-order chi connectivity index (χ1) is 9.06. The van der Waals surface area contributed by atoms with E-state index < -0.39 is 5.97 Å². The number of nitrogens with one attached hydrogen (secondary N) is 2. The Hall–Kier alpha value is -1.79. The fraction of sp³-hybridized carbons (Fsp3) is 0.750. The molecule has 0 atom stereocenters. The van der Waals surface area contributed by atoms with Crippen molar-refractivity contribution in [3.63, 3.8) is 0 Å². The van der Waals surface area contributed by atoms with Crippen molar-refractivity contribution in [1.82, 2.24) is 15.5 Å². The molecular formula is C12H19N3O4. The number of carboxylic acids is 1. The van der Waals surface area contributed by atoms with Crippen LogP contribution in [0.5, 0.6) is 0 Å². The molecule has 3 amide bonds. The minimum Gasteiger partial charge on any atom is -0.481 e. The van der Waals surface area contributed by atoms with E-state index in [1.54, 1.807) is 0 Å². The van der Waals surface area contributed by atoms with Gasteiger partial charge in [-0.15, -0.1) is 0 Å². The minimum absolute atomic E-state index is 0.0500. The molecule has 106 valence electrons. The molecule has 0 saturated heterocycles. The number of carbonyl (C=O) groups is 3. The first-order valence-corrected chi connectivity index (χ1v) is 6.62. The maximum Gasteiger partial charge on any atom is 0.318 e. The lowest BCUT2D eigenvalue weighted by atomic mass is 10.4. The van der Waals surface area contributed by atoms with E-state index in [1.165, 1.54) is 4.90 Å². The third-order valence-electron chi connectivity index (χ3n) is 3.16. The Bertz CT molecular complexity index is 377. The summed E-state index contributed by atoms with van der Waals surface area (Å²) in [6.45, 7) is 0.141. The van der Waals surface area contributed by atoms with Gasteiger partial charge in [0.15, 0.2) is 0 Å². The van der Waals surface area contributed by atoms with Gasteiger partial charge in [-0.1, -0.05) is 0 Å². The van der Waals surface area contributed by atoms with Gasteiger partial charge in [-0.2, -0.15) is 0 Å². The van der Waals surface area contributed by atoms with Gasteiger partial charge in [-0.25, -0.2) is 4.79 Å². The van der Waals surface area contributed by atoms with Crippen LogP contribution in [-0.2, 0) is 9.59 Å². The van der Waals surface area contributed by atoms with Crippen LogP contribution < -0.4 is 10.6 Å². The number of rotatable bonds is 7. The van der Waals surface area contributed by atoms with Crippen LogP contribution in [0.4, 0.5) is 4.79 Å². The molecule has 19 heavy (non-hydrogen) atoms. The molecular weight excluding hydrogens is 250 g/mol. The molecule has 2 rings (SSSR count). The Balaban J connectivity index is 1.71. The predicted molar refractivity (Wildman–Crippen MR) is 66.5 cm³/mol. The Morgan fingerprint density at radius 3 is 2.37 bits per heavy atom. The molecule has 7 nitrogen and oxygen atoms in total. The summed E-state index contributed by atoms with van der Waals surface area (Å²) < 4.78 is 0. The monoisotopic (exact) mass is 269 g/mol. The molecule has 0 unspecified atom stereocenters. The number of urea groups is 1. The SMILES string of the molecule is O=C(O)CCN(C(=O)NCC(=O)NC1CC1)C1CC1. The molecule has 0 bridgehead atoms. The summed E-state index contributed by atoms with van der Waals surface area (Å²) in [4.78, 5) is 35.4. The zero-order valence-corrected chi connectivity index (χ0v) is 10.7. The quantitative estimate of drug-likeness (QED) is 0.601. The molecule has 0 spiro atoms. The zero-order valence-electron chi connectivity index (χ0n) is 10.7. The second kappa shape index (κ2) is 5.90. The first-order valence-electron chi connectivity index (χ1n) is 6.62. The van der Waals surface area contributed by atoms with Crippen LogP contribution in [0, 0.1) is 0 Å². The summed E-state index contributed by atoms with van der Waals surface area (Å²) in [5.41, 5.74) is 0. The fourth-order valence-corrected chi connectivity index (χ4v) is 1.82. The first kappa shape index (κ1) is 13.6. The van der Waals surface area contributed by atoms with Gasteiger partial charge in [-0.05, 0) is 25.7 Å². The third kappa shape index (κ3) is 4.76. The molecule has 2 fully saturated rings. The molecule has 0 aromatic heterocycles. The van der Waals surface area contributed by atoms with Crippen molar-refractivity contribution in [1.29, 1.82) is 0 Å². The van der Waals surface area contributed by atoms with E-state index in [4.69, 9.17) is 5.11 Å². The number of hydrogen-bond donors (Lipinski definition) is 3. The fourth-order valence-electron chi connectivity index (χ4n) is 1.82. The standard InChI is InChI=1S/C12H19N3O4/c16-10(14-8-1-2-8)7-13-12(19)15(9-3-4-9)6-5-11(17)18/h8-9H,1-7H2,(H,13,19)(H,14,16)(H,17,18). The molecule has 2 aliphatic rings. The van der Waals surface area contributed by atoms with Crippen LogP contribution in [0.25, 0.3) is 0 Å². The van der Waals surface area contributed by atoms with Crippen LogP contribution in [0.2, 0.25) is 0 Å². The van der Waals surface area contributed by atoms with Gasteiger partial charge in [0, 0.05) is 18.6 Å². The van der Waals surface area contributed by atoms with Crippen LogP contribution in [0.1, 0.15) is 32.1 Å². The van der Waals surface area contributed by atoms with Gasteiger partial charge in [0.05, 0.1) is 13.0 Å². The molecule has 0 aliphatic heterocycles. The van der Waals surface area contributed by atoms with Crippen molar-refractivity contribution >= 4 is 17.9 Å². The molecule has 2 saturated carbocycles. The minimum atomic E-state index is -0.926. The highest BCUT2D eigenvalue weighted by Crippen LogP contribution is 2.26. The average Bonchev–Trinajstić information content (AvgIpc) is 3.19. The summed E-state index contributed by atoms with van der Waals surface area (Å²) in [7, 11) is 0. The van der Waals surface area contributed by atoms with Gasteiger partial charge in [0.1, 0.15) is 0 Å². The van der Waals surface area contributed by atoms with Gasteiger partial charge < -0.3 is 20.6 Å². The second-order valence-corrected chi connectivity index (χ2v) is 5.07. The van der Waals surface area contributed by atoms with Crippen LogP contribution in [0.15, 0.2) is 0 Å². The summed E-state index contributed by atoms with van der Waals surface area (Å²) in [5, 5.41) is 14.0. The number of aliphatic carboxylic acids is 1. The summed E-state index contributed by atoms with van der Waals surface area (Å²) in [6, 6.07) is 0.0523. The van der Waals surface area contributed by atoms with Crippen molar-refractivity contribution in [2.75, 3.05) is 13.1 Å². The Kier molecular flexibility index (Phi) is 4.24. The van der Waals surface area contributed by atoms with E-state index >= 15 is 0 Å². The van der Waals surface area contributed by atoms with E-state index in [9.17, 15) is 14.4 Å². The molecule has 0 radical (unpaired) electrons. The zero-order chi connectivity index (χ0) is 13.8. The third-order valence-corrected chi connectivity index (χ3v) is 3.16. The van der Waals surface area contributed by atoms with Crippen LogP contribution >= 0.6 is 0 Å².